The standard InChI is InChI=1S/C20H22N2O4/c1-21-20(24)16-6-4-5-15(11-16)13-22-19(23)10-8-14-7-9-17(25-2)18(12-14)26-3/h4-12H,13H2,1-3H3,(H,21,24)(H,22,23)/b10-8+. The van der Waals surface area contributed by atoms with Crippen LogP contribution in [0.15, 0.2) is 48.5 Å². The average Bonchev–Trinajstić information content (AvgIpc) is 2.69. The van der Waals surface area contributed by atoms with Crippen molar-refractivity contribution in [3.8, 4) is 11.5 Å². The van der Waals surface area contributed by atoms with E-state index in [-0.39, 0.29) is 11.8 Å². The van der Waals surface area contributed by atoms with Crippen molar-refractivity contribution < 1.29 is 19.1 Å². The van der Waals surface area contributed by atoms with Crippen LogP contribution in [0.1, 0.15) is 21.5 Å². The lowest BCUT2D eigenvalue weighted by Gasteiger charge is -2.07. The summed E-state index contributed by atoms with van der Waals surface area (Å²) in [5.41, 5.74) is 2.22. The first kappa shape index (κ1) is 19.1. The molecule has 2 aromatic carbocycles. The summed E-state index contributed by atoms with van der Waals surface area (Å²) < 4.78 is 10.4. The maximum absolute atomic E-state index is 12.0. The predicted molar refractivity (Wildman–Crippen MR) is 100 cm³/mol. The molecule has 0 aliphatic heterocycles. The Morgan fingerprint density at radius 2 is 1.81 bits per heavy atom. The van der Waals surface area contributed by atoms with Crippen LogP contribution in [0.3, 0.4) is 0 Å². The van der Waals surface area contributed by atoms with Crippen molar-refractivity contribution >= 4 is 17.9 Å². The maximum atomic E-state index is 12.0. The zero-order valence-corrected chi connectivity index (χ0v) is 15.0. The van der Waals surface area contributed by atoms with E-state index in [1.807, 2.05) is 12.1 Å². The van der Waals surface area contributed by atoms with Gasteiger partial charge in [-0.1, -0.05) is 18.2 Å². The molecular formula is C20H22N2O4. The van der Waals surface area contributed by atoms with Gasteiger partial charge in [0.05, 0.1) is 14.2 Å². The lowest BCUT2D eigenvalue weighted by molar-refractivity contribution is -0.116. The molecule has 0 aliphatic rings. The Labute approximate surface area is 152 Å². The molecule has 0 bridgehead atoms. The Bertz CT molecular complexity index is 815. The molecule has 0 aliphatic carbocycles. The van der Waals surface area contributed by atoms with Gasteiger partial charge in [0.1, 0.15) is 0 Å². The lowest BCUT2D eigenvalue weighted by Crippen LogP contribution is -2.21. The number of benzene rings is 2. The minimum Gasteiger partial charge on any atom is -0.493 e. The number of carbonyl (C=O) groups is 2. The monoisotopic (exact) mass is 354 g/mol. The Balaban J connectivity index is 1.96. The third-order valence-corrected chi connectivity index (χ3v) is 3.72. The molecule has 0 radical (unpaired) electrons. The number of rotatable bonds is 7. The van der Waals surface area contributed by atoms with Gasteiger partial charge in [-0.05, 0) is 41.5 Å². The van der Waals surface area contributed by atoms with Crippen molar-refractivity contribution in [2.24, 2.45) is 0 Å². The molecule has 0 saturated carbocycles. The van der Waals surface area contributed by atoms with Gasteiger partial charge in [-0.25, -0.2) is 0 Å². The zero-order chi connectivity index (χ0) is 18.9. The summed E-state index contributed by atoms with van der Waals surface area (Å²) in [4.78, 5) is 23.6. The highest BCUT2D eigenvalue weighted by atomic mass is 16.5. The molecule has 136 valence electrons. The molecule has 0 fully saturated rings. The van der Waals surface area contributed by atoms with E-state index in [4.69, 9.17) is 9.47 Å². The van der Waals surface area contributed by atoms with Crippen LogP contribution in [0.2, 0.25) is 0 Å². The van der Waals surface area contributed by atoms with Gasteiger partial charge in [0.25, 0.3) is 5.91 Å². The predicted octanol–water partition coefficient (Wildman–Crippen LogP) is 2.39. The van der Waals surface area contributed by atoms with Crippen molar-refractivity contribution in [1.29, 1.82) is 0 Å². The lowest BCUT2D eigenvalue weighted by atomic mass is 10.1. The maximum Gasteiger partial charge on any atom is 0.251 e. The Morgan fingerprint density at radius 1 is 1.04 bits per heavy atom. The molecule has 0 heterocycles. The fraction of sp³-hybridized carbons (Fsp3) is 0.200. The molecule has 2 amide bonds. The summed E-state index contributed by atoms with van der Waals surface area (Å²) in [5.74, 6) is 0.836. The third-order valence-electron chi connectivity index (χ3n) is 3.72. The molecule has 2 aromatic rings. The second-order valence-corrected chi connectivity index (χ2v) is 5.45. The first-order valence-corrected chi connectivity index (χ1v) is 8.06. The van der Waals surface area contributed by atoms with Gasteiger partial charge >= 0.3 is 0 Å². The van der Waals surface area contributed by atoms with E-state index >= 15 is 0 Å². The van der Waals surface area contributed by atoms with Crippen LogP contribution < -0.4 is 20.1 Å². The van der Waals surface area contributed by atoms with Gasteiger partial charge in [-0.15, -0.1) is 0 Å². The van der Waals surface area contributed by atoms with E-state index in [0.717, 1.165) is 11.1 Å². The molecule has 0 saturated heterocycles. The Kier molecular flexibility index (Phi) is 6.79. The highest BCUT2D eigenvalue weighted by Gasteiger charge is 2.05. The van der Waals surface area contributed by atoms with E-state index in [0.29, 0.717) is 23.6 Å². The fourth-order valence-electron chi connectivity index (χ4n) is 2.34. The number of hydrogen-bond acceptors (Lipinski definition) is 4. The summed E-state index contributed by atoms with van der Waals surface area (Å²) in [5, 5.41) is 5.36. The van der Waals surface area contributed by atoms with Crippen molar-refractivity contribution in [2.75, 3.05) is 21.3 Å². The number of ether oxygens (including phenoxy) is 2. The number of methoxy groups -OCH3 is 2. The van der Waals surface area contributed by atoms with Crippen LogP contribution in [0.5, 0.6) is 11.5 Å². The Hall–Kier alpha value is -3.28. The van der Waals surface area contributed by atoms with Crippen molar-refractivity contribution in [2.45, 2.75) is 6.54 Å². The van der Waals surface area contributed by atoms with E-state index in [1.54, 1.807) is 57.7 Å². The summed E-state index contributed by atoms with van der Waals surface area (Å²) in [7, 11) is 4.71. The molecule has 6 heteroatoms. The van der Waals surface area contributed by atoms with Gasteiger partial charge in [-0.3, -0.25) is 9.59 Å². The smallest absolute Gasteiger partial charge is 0.251 e. The van der Waals surface area contributed by atoms with Gasteiger partial charge < -0.3 is 20.1 Å². The molecule has 0 aromatic heterocycles. The van der Waals surface area contributed by atoms with Gasteiger partial charge in [0.2, 0.25) is 5.91 Å². The van der Waals surface area contributed by atoms with Gasteiger partial charge in [0, 0.05) is 25.2 Å². The molecule has 2 rings (SSSR count). The van der Waals surface area contributed by atoms with E-state index in [9.17, 15) is 9.59 Å². The van der Waals surface area contributed by atoms with E-state index < -0.39 is 0 Å². The minimum atomic E-state index is -0.231. The van der Waals surface area contributed by atoms with Crippen LogP contribution in [-0.4, -0.2) is 33.1 Å². The second-order valence-electron chi connectivity index (χ2n) is 5.45. The summed E-state index contributed by atoms with van der Waals surface area (Å²) in [6, 6.07) is 12.5. The van der Waals surface area contributed by atoms with Crippen molar-refractivity contribution in [3.05, 3.63) is 65.2 Å². The quantitative estimate of drug-likeness (QED) is 0.749. The highest BCUT2D eigenvalue weighted by Crippen LogP contribution is 2.27. The third kappa shape index (κ3) is 5.11. The molecule has 6 nitrogen and oxygen atoms in total. The first-order valence-electron chi connectivity index (χ1n) is 8.06. The van der Waals surface area contributed by atoms with Crippen LogP contribution in [0, 0.1) is 0 Å². The van der Waals surface area contributed by atoms with Crippen LogP contribution >= 0.6 is 0 Å². The second kappa shape index (κ2) is 9.27. The molecule has 0 unspecified atom stereocenters. The number of amides is 2. The summed E-state index contributed by atoms with van der Waals surface area (Å²) >= 11 is 0. The topological polar surface area (TPSA) is 76.7 Å². The molecular weight excluding hydrogens is 332 g/mol. The number of nitrogens with one attached hydrogen (secondary N) is 2. The van der Waals surface area contributed by atoms with E-state index in [1.165, 1.54) is 6.08 Å². The number of carbonyl (C=O) groups excluding carboxylic acids is 2. The van der Waals surface area contributed by atoms with Crippen LogP contribution in [-0.2, 0) is 11.3 Å². The van der Waals surface area contributed by atoms with Crippen LogP contribution in [0.4, 0.5) is 0 Å². The van der Waals surface area contributed by atoms with E-state index in [2.05, 4.69) is 10.6 Å². The molecule has 2 N–H and O–H groups in total. The summed E-state index contributed by atoms with van der Waals surface area (Å²) in [6.07, 6.45) is 3.14. The molecule has 26 heavy (non-hydrogen) atoms. The number of hydrogen-bond donors (Lipinski definition) is 2. The average molecular weight is 354 g/mol. The largest absolute Gasteiger partial charge is 0.493 e. The molecule has 0 spiro atoms. The zero-order valence-electron chi connectivity index (χ0n) is 15.0. The van der Waals surface area contributed by atoms with Crippen LogP contribution in [0.25, 0.3) is 6.08 Å². The first-order chi connectivity index (χ1) is 12.6. The van der Waals surface area contributed by atoms with Gasteiger partial charge in [-0.2, -0.15) is 0 Å². The summed E-state index contributed by atoms with van der Waals surface area (Å²) in [6.45, 7) is 0.333. The Morgan fingerprint density at radius 3 is 2.50 bits per heavy atom. The van der Waals surface area contributed by atoms with Gasteiger partial charge in [0.15, 0.2) is 11.5 Å². The SMILES string of the molecule is CNC(=O)c1cccc(CNC(=O)/C=C/c2ccc(OC)c(OC)c2)c1. The highest BCUT2D eigenvalue weighted by molar-refractivity contribution is 5.94. The fourth-order valence-corrected chi connectivity index (χ4v) is 2.34. The normalized spacial score (nSPS) is 10.4. The van der Waals surface area contributed by atoms with Crippen molar-refractivity contribution in [3.63, 3.8) is 0 Å². The van der Waals surface area contributed by atoms with Crippen molar-refractivity contribution in [1.82, 2.24) is 10.6 Å². The molecule has 0 atom stereocenters. The minimum absolute atomic E-state index is 0.161.